The first-order valence-corrected chi connectivity index (χ1v) is 11.5. The van der Waals surface area contributed by atoms with E-state index in [2.05, 4.69) is 34.6 Å². The fraction of sp³-hybridized carbons (Fsp3) is 0.560. The van der Waals surface area contributed by atoms with Gasteiger partial charge in [0.15, 0.2) is 0 Å². The van der Waals surface area contributed by atoms with E-state index in [1.165, 1.54) is 24.8 Å². The number of amides is 1. The van der Waals surface area contributed by atoms with Gasteiger partial charge in [0.2, 0.25) is 0 Å². The van der Waals surface area contributed by atoms with Crippen LogP contribution >= 0.6 is 0 Å². The highest BCUT2D eigenvalue weighted by Gasteiger charge is 2.18. The molecule has 2 heterocycles. The Morgan fingerprint density at radius 2 is 1.83 bits per heavy atom. The molecule has 0 radical (unpaired) electrons. The van der Waals surface area contributed by atoms with E-state index in [0.717, 1.165) is 63.5 Å². The van der Waals surface area contributed by atoms with E-state index in [9.17, 15) is 4.79 Å². The summed E-state index contributed by atoms with van der Waals surface area (Å²) in [6.07, 6.45) is 7.81. The van der Waals surface area contributed by atoms with Gasteiger partial charge in [-0.3, -0.25) is 9.69 Å². The van der Waals surface area contributed by atoms with Crippen molar-refractivity contribution in [3.8, 4) is 0 Å². The van der Waals surface area contributed by atoms with Gasteiger partial charge in [0.1, 0.15) is 0 Å². The predicted molar refractivity (Wildman–Crippen MR) is 122 cm³/mol. The second-order valence-electron chi connectivity index (χ2n) is 8.30. The summed E-state index contributed by atoms with van der Waals surface area (Å²) in [5, 5.41) is 0. The smallest absolute Gasteiger partial charge is 0.254 e. The standard InChI is InChI=1S/C25H37N3O2/c1-3-4-5-8-22-10-12-23(13-11-22)25(29)28(21-24-9-6-14-26(24)2)16-7-15-27-17-19-30-20-18-27/h6,9-14H,3-5,7-8,15-21H2,1-2H3. The molecule has 1 amide bonds. The fourth-order valence-electron chi connectivity index (χ4n) is 3.99. The molecule has 3 rings (SSSR count). The van der Waals surface area contributed by atoms with Gasteiger partial charge in [-0.25, -0.2) is 0 Å². The minimum Gasteiger partial charge on any atom is -0.379 e. The molecule has 1 aromatic heterocycles. The molecule has 1 aromatic carbocycles. The predicted octanol–water partition coefficient (Wildman–Crippen LogP) is 4.12. The van der Waals surface area contributed by atoms with Crippen molar-refractivity contribution < 1.29 is 9.53 Å². The molecule has 0 unspecified atom stereocenters. The minimum atomic E-state index is 0.123. The molecule has 1 saturated heterocycles. The van der Waals surface area contributed by atoms with Crippen molar-refractivity contribution >= 4 is 5.91 Å². The first kappa shape index (κ1) is 22.6. The van der Waals surface area contributed by atoms with E-state index >= 15 is 0 Å². The van der Waals surface area contributed by atoms with E-state index in [1.807, 2.05) is 36.3 Å². The third-order valence-corrected chi connectivity index (χ3v) is 5.97. The molecule has 0 aliphatic carbocycles. The Labute approximate surface area is 181 Å². The van der Waals surface area contributed by atoms with Crippen LogP contribution in [0.25, 0.3) is 0 Å². The van der Waals surface area contributed by atoms with Gasteiger partial charge in [-0.05, 0) is 49.1 Å². The van der Waals surface area contributed by atoms with Crippen molar-refractivity contribution in [1.82, 2.24) is 14.4 Å². The van der Waals surface area contributed by atoms with Gasteiger partial charge in [0, 0.05) is 50.7 Å². The Morgan fingerprint density at radius 1 is 1.07 bits per heavy atom. The van der Waals surface area contributed by atoms with Crippen molar-refractivity contribution in [2.45, 2.75) is 45.6 Å². The Kier molecular flexibility index (Phi) is 8.97. The topological polar surface area (TPSA) is 37.7 Å². The third kappa shape index (κ3) is 6.71. The van der Waals surface area contributed by atoms with Gasteiger partial charge in [0.05, 0.1) is 19.8 Å². The molecule has 0 bridgehead atoms. The number of unbranched alkanes of at least 4 members (excludes halogenated alkanes) is 2. The maximum atomic E-state index is 13.3. The van der Waals surface area contributed by atoms with Crippen LogP contribution in [0.15, 0.2) is 42.6 Å². The van der Waals surface area contributed by atoms with Crippen LogP contribution in [0.5, 0.6) is 0 Å². The minimum absolute atomic E-state index is 0.123. The second kappa shape index (κ2) is 11.9. The molecule has 5 heteroatoms. The van der Waals surface area contributed by atoms with E-state index < -0.39 is 0 Å². The number of morpholine rings is 1. The maximum absolute atomic E-state index is 13.3. The summed E-state index contributed by atoms with van der Waals surface area (Å²) in [6, 6.07) is 12.4. The lowest BCUT2D eigenvalue weighted by Gasteiger charge is -2.28. The van der Waals surface area contributed by atoms with Crippen molar-refractivity contribution in [3.63, 3.8) is 0 Å². The normalized spacial score (nSPS) is 14.7. The molecule has 0 saturated carbocycles. The van der Waals surface area contributed by atoms with Crippen LogP contribution in [0.4, 0.5) is 0 Å². The largest absolute Gasteiger partial charge is 0.379 e. The molecule has 30 heavy (non-hydrogen) atoms. The first-order chi connectivity index (χ1) is 14.7. The molecule has 1 aliphatic rings. The van der Waals surface area contributed by atoms with Crippen LogP contribution in [-0.2, 0) is 24.8 Å². The highest BCUT2D eigenvalue weighted by Crippen LogP contribution is 2.14. The van der Waals surface area contributed by atoms with E-state index in [-0.39, 0.29) is 5.91 Å². The summed E-state index contributed by atoms with van der Waals surface area (Å²) in [7, 11) is 2.04. The monoisotopic (exact) mass is 411 g/mol. The van der Waals surface area contributed by atoms with Crippen molar-refractivity contribution in [2.24, 2.45) is 7.05 Å². The Balaban J connectivity index is 1.62. The number of carbonyl (C=O) groups is 1. The van der Waals surface area contributed by atoms with Gasteiger partial charge < -0.3 is 14.2 Å². The Hall–Kier alpha value is -2.11. The zero-order valence-corrected chi connectivity index (χ0v) is 18.7. The number of ether oxygens (including phenoxy) is 1. The summed E-state index contributed by atoms with van der Waals surface area (Å²) in [6.45, 7) is 8.26. The lowest BCUT2D eigenvalue weighted by atomic mass is 10.0. The molecule has 0 spiro atoms. The first-order valence-electron chi connectivity index (χ1n) is 11.5. The summed E-state index contributed by atoms with van der Waals surface area (Å²) >= 11 is 0. The number of aryl methyl sites for hydroxylation is 2. The highest BCUT2D eigenvalue weighted by atomic mass is 16.5. The van der Waals surface area contributed by atoms with E-state index in [1.54, 1.807) is 0 Å². The summed E-state index contributed by atoms with van der Waals surface area (Å²) in [5.74, 6) is 0.123. The zero-order chi connectivity index (χ0) is 21.2. The number of hydrogen-bond acceptors (Lipinski definition) is 3. The molecule has 164 valence electrons. The molecule has 1 fully saturated rings. The Morgan fingerprint density at radius 3 is 2.50 bits per heavy atom. The molecular formula is C25H37N3O2. The van der Waals surface area contributed by atoms with Crippen LogP contribution in [-0.4, -0.2) is 59.7 Å². The van der Waals surface area contributed by atoms with Gasteiger partial charge >= 0.3 is 0 Å². The zero-order valence-electron chi connectivity index (χ0n) is 18.7. The summed E-state index contributed by atoms with van der Waals surface area (Å²) in [5.41, 5.74) is 3.27. The molecular weight excluding hydrogens is 374 g/mol. The lowest BCUT2D eigenvalue weighted by molar-refractivity contribution is 0.0355. The van der Waals surface area contributed by atoms with Crippen molar-refractivity contribution in [1.29, 1.82) is 0 Å². The van der Waals surface area contributed by atoms with Gasteiger partial charge in [0.25, 0.3) is 5.91 Å². The van der Waals surface area contributed by atoms with E-state index in [0.29, 0.717) is 6.54 Å². The third-order valence-electron chi connectivity index (χ3n) is 5.97. The average Bonchev–Trinajstić information content (AvgIpc) is 3.18. The number of rotatable bonds is 11. The van der Waals surface area contributed by atoms with Crippen LogP contribution < -0.4 is 0 Å². The van der Waals surface area contributed by atoms with Crippen molar-refractivity contribution in [3.05, 3.63) is 59.4 Å². The Bertz CT molecular complexity index is 763. The number of nitrogens with zero attached hydrogens (tertiary/aromatic N) is 3. The number of hydrogen-bond donors (Lipinski definition) is 0. The second-order valence-corrected chi connectivity index (χ2v) is 8.30. The number of aromatic nitrogens is 1. The van der Waals surface area contributed by atoms with Gasteiger partial charge in [-0.15, -0.1) is 0 Å². The molecule has 0 N–H and O–H groups in total. The highest BCUT2D eigenvalue weighted by molar-refractivity contribution is 5.94. The molecule has 5 nitrogen and oxygen atoms in total. The van der Waals surface area contributed by atoms with Crippen LogP contribution in [0.2, 0.25) is 0 Å². The average molecular weight is 412 g/mol. The molecule has 1 aliphatic heterocycles. The molecule has 0 atom stereocenters. The SMILES string of the molecule is CCCCCc1ccc(C(=O)N(CCCN2CCOCC2)Cc2cccn2C)cc1. The quantitative estimate of drug-likeness (QED) is 0.522. The summed E-state index contributed by atoms with van der Waals surface area (Å²) in [4.78, 5) is 17.8. The van der Waals surface area contributed by atoms with Gasteiger partial charge in [-0.2, -0.15) is 0 Å². The van der Waals surface area contributed by atoms with Crippen LogP contribution in [0.3, 0.4) is 0 Å². The van der Waals surface area contributed by atoms with E-state index in [4.69, 9.17) is 4.74 Å². The van der Waals surface area contributed by atoms with Gasteiger partial charge in [-0.1, -0.05) is 31.9 Å². The molecule has 2 aromatic rings. The number of benzene rings is 1. The van der Waals surface area contributed by atoms with Crippen LogP contribution in [0.1, 0.15) is 54.2 Å². The summed E-state index contributed by atoms with van der Waals surface area (Å²) < 4.78 is 7.53. The van der Waals surface area contributed by atoms with Crippen molar-refractivity contribution in [2.75, 3.05) is 39.4 Å². The van der Waals surface area contributed by atoms with Crippen LogP contribution in [0, 0.1) is 0 Å². The fourth-order valence-corrected chi connectivity index (χ4v) is 3.99. The maximum Gasteiger partial charge on any atom is 0.254 e. The number of carbonyl (C=O) groups excluding carboxylic acids is 1. The lowest BCUT2D eigenvalue weighted by Crippen LogP contribution is -2.39.